The standard InChI is InChI=1S/C50H40/c1-3-15-33(16-4-1)46-37-19-7-9-21-39(37)48(40-22-10-8-20-38(40)46)45-35-27-32-28-36(45)31-50(29-32,30-35)49-43-25-13-11-23-41(43)47(34-17-5-2-6-18-34)42-24-12-14-26-44(42)49/h1-26,32,35-36,45H,27-31H2. The minimum atomic E-state index is 0.205. The SMILES string of the molecule is c1ccc(-c2c3ccccc3c(C3C4CC5CC3CC(c3c6ccccc6c(-c6ccccc6)c6ccccc36)(C5)C4)c3ccccc23)cc1. The Balaban J connectivity index is 1.12. The molecule has 0 radical (unpaired) electrons. The van der Waals surface area contributed by atoms with Gasteiger partial charge in [-0.2, -0.15) is 0 Å². The molecule has 4 bridgehead atoms. The second-order valence-electron chi connectivity index (χ2n) is 15.7. The van der Waals surface area contributed by atoms with E-state index in [2.05, 4.69) is 158 Å². The van der Waals surface area contributed by atoms with Gasteiger partial charge in [-0.15, -0.1) is 0 Å². The Morgan fingerprint density at radius 1 is 0.360 bits per heavy atom. The van der Waals surface area contributed by atoms with Gasteiger partial charge in [0.05, 0.1) is 0 Å². The Kier molecular flexibility index (Phi) is 6.24. The highest BCUT2D eigenvalue weighted by molar-refractivity contribution is 6.17. The summed E-state index contributed by atoms with van der Waals surface area (Å²) in [5.41, 5.74) is 8.89. The molecule has 0 spiro atoms. The van der Waals surface area contributed by atoms with Crippen LogP contribution in [0.1, 0.15) is 49.1 Å². The third-order valence-corrected chi connectivity index (χ3v) is 13.2. The van der Waals surface area contributed by atoms with Crippen molar-refractivity contribution in [2.45, 2.75) is 43.4 Å². The van der Waals surface area contributed by atoms with Gasteiger partial charge in [0.2, 0.25) is 0 Å². The fraction of sp³-hybridized carbons (Fsp3) is 0.200. The van der Waals surface area contributed by atoms with Crippen molar-refractivity contribution < 1.29 is 0 Å². The first-order valence-electron chi connectivity index (χ1n) is 18.8. The van der Waals surface area contributed by atoms with Gasteiger partial charge in [-0.25, -0.2) is 0 Å². The minimum Gasteiger partial charge on any atom is -0.0622 e. The molecule has 0 aromatic heterocycles. The maximum Gasteiger partial charge on any atom is -0.00263 e. The average molecular weight is 641 g/mol. The maximum atomic E-state index is 2.45. The Morgan fingerprint density at radius 2 is 0.720 bits per heavy atom. The fourth-order valence-corrected chi connectivity index (χ4v) is 11.9. The first kappa shape index (κ1) is 28.6. The average Bonchev–Trinajstić information content (AvgIpc) is 3.16. The summed E-state index contributed by atoms with van der Waals surface area (Å²) in [4.78, 5) is 0. The summed E-state index contributed by atoms with van der Waals surface area (Å²) < 4.78 is 0. The maximum absolute atomic E-state index is 2.45. The number of hydrogen-bond acceptors (Lipinski definition) is 0. The molecule has 240 valence electrons. The molecule has 0 heterocycles. The van der Waals surface area contributed by atoms with E-state index in [0.29, 0.717) is 17.8 Å². The Morgan fingerprint density at radius 3 is 1.16 bits per heavy atom. The minimum absolute atomic E-state index is 0.205. The lowest BCUT2D eigenvalue weighted by Crippen LogP contribution is -2.52. The summed E-state index contributed by atoms with van der Waals surface area (Å²) in [5, 5.41) is 11.5. The van der Waals surface area contributed by atoms with Crippen LogP contribution < -0.4 is 0 Å². The molecule has 2 atom stereocenters. The Hall–Kier alpha value is -5.20. The molecule has 0 aliphatic heterocycles. The quantitative estimate of drug-likeness (QED) is 0.168. The largest absolute Gasteiger partial charge is 0.0622 e. The van der Waals surface area contributed by atoms with Crippen LogP contribution in [0.5, 0.6) is 0 Å². The number of fused-ring (bicyclic) bond motifs is 4. The van der Waals surface area contributed by atoms with E-state index >= 15 is 0 Å². The Bertz CT molecular complexity index is 2460. The monoisotopic (exact) mass is 640 g/mol. The highest BCUT2D eigenvalue weighted by Gasteiger charge is 2.57. The topological polar surface area (TPSA) is 0 Å². The van der Waals surface area contributed by atoms with Crippen molar-refractivity contribution in [2.24, 2.45) is 17.8 Å². The molecule has 4 aliphatic carbocycles. The molecule has 2 unspecified atom stereocenters. The van der Waals surface area contributed by atoms with Gasteiger partial charge in [0.25, 0.3) is 0 Å². The van der Waals surface area contributed by atoms with E-state index in [1.807, 2.05) is 0 Å². The number of benzene rings is 8. The summed E-state index contributed by atoms with van der Waals surface area (Å²) in [5.74, 6) is 2.75. The van der Waals surface area contributed by atoms with E-state index in [0.717, 1.165) is 5.92 Å². The van der Waals surface area contributed by atoms with Crippen LogP contribution >= 0.6 is 0 Å². The van der Waals surface area contributed by atoms with E-state index in [1.54, 1.807) is 11.1 Å². The molecule has 4 fully saturated rings. The van der Waals surface area contributed by atoms with Gasteiger partial charge < -0.3 is 0 Å². The lowest BCUT2D eigenvalue weighted by atomic mass is 9.43. The summed E-state index contributed by atoms with van der Waals surface area (Å²) in [6.07, 6.45) is 6.63. The van der Waals surface area contributed by atoms with Crippen LogP contribution in [-0.4, -0.2) is 0 Å². The van der Waals surface area contributed by atoms with Gasteiger partial charge in [0.15, 0.2) is 0 Å². The summed E-state index contributed by atoms with van der Waals surface area (Å²) in [7, 11) is 0. The molecule has 8 aromatic carbocycles. The first-order chi connectivity index (χ1) is 24.8. The van der Waals surface area contributed by atoms with Gasteiger partial charge in [-0.3, -0.25) is 0 Å². The molecule has 0 amide bonds. The van der Waals surface area contributed by atoms with E-state index in [4.69, 9.17) is 0 Å². The highest BCUT2D eigenvalue weighted by atomic mass is 14.6. The molecule has 0 nitrogen and oxygen atoms in total. The summed E-state index contributed by atoms with van der Waals surface area (Å²) in [6, 6.07) is 59.6. The zero-order chi connectivity index (χ0) is 32.8. The van der Waals surface area contributed by atoms with Gasteiger partial charge in [-0.1, -0.05) is 158 Å². The van der Waals surface area contributed by atoms with Crippen molar-refractivity contribution in [3.8, 4) is 22.3 Å². The van der Waals surface area contributed by atoms with Crippen LogP contribution in [0.15, 0.2) is 158 Å². The first-order valence-corrected chi connectivity index (χ1v) is 18.8. The molecule has 12 rings (SSSR count). The second kappa shape index (κ2) is 10.9. The van der Waals surface area contributed by atoms with E-state index < -0.39 is 0 Å². The smallest absolute Gasteiger partial charge is 0.00263 e. The summed E-state index contributed by atoms with van der Waals surface area (Å²) in [6.45, 7) is 0. The number of rotatable bonds is 4. The van der Waals surface area contributed by atoms with Crippen LogP contribution in [-0.2, 0) is 5.41 Å². The summed E-state index contributed by atoms with van der Waals surface area (Å²) >= 11 is 0. The zero-order valence-corrected chi connectivity index (χ0v) is 28.4. The molecule has 4 saturated carbocycles. The van der Waals surface area contributed by atoms with Crippen LogP contribution in [0.3, 0.4) is 0 Å². The van der Waals surface area contributed by atoms with Gasteiger partial charge in [0.1, 0.15) is 0 Å². The lowest BCUT2D eigenvalue weighted by molar-refractivity contribution is -0.0235. The van der Waals surface area contributed by atoms with Crippen molar-refractivity contribution >= 4 is 43.1 Å². The Labute approximate surface area is 294 Å². The number of hydrogen-bond donors (Lipinski definition) is 0. The predicted octanol–water partition coefficient (Wildman–Crippen LogP) is 13.5. The van der Waals surface area contributed by atoms with Crippen molar-refractivity contribution in [3.63, 3.8) is 0 Å². The van der Waals surface area contributed by atoms with E-state index in [9.17, 15) is 0 Å². The van der Waals surface area contributed by atoms with Gasteiger partial charge >= 0.3 is 0 Å². The molecule has 0 saturated heterocycles. The van der Waals surface area contributed by atoms with Crippen LogP contribution in [0.4, 0.5) is 0 Å². The molecule has 0 N–H and O–H groups in total. The normalized spacial score (nSPS) is 24.1. The van der Waals surface area contributed by atoms with E-state index in [1.165, 1.54) is 97.4 Å². The molecule has 50 heavy (non-hydrogen) atoms. The van der Waals surface area contributed by atoms with Crippen molar-refractivity contribution in [2.75, 3.05) is 0 Å². The third kappa shape index (κ3) is 4.06. The molecule has 0 heteroatoms. The van der Waals surface area contributed by atoms with Crippen molar-refractivity contribution in [1.29, 1.82) is 0 Å². The van der Waals surface area contributed by atoms with E-state index in [-0.39, 0.29) is 5.41 Å². The molecule has 4 aliphatic rings. The van der Waals surface area contributed by atoms with Crippen LogP contribution in [0.2, 0.25) is 0 Å². The highest BCUT2D eigenvalue weighted by Crippen LogP contribution is 2.68. The third-order valence-electron chi connectivity index (χ3n) is 13.2. The second-order valence-corrected chi connectivity index (χ2v) is 15.7. The van der Waals surface area contributed by atoms with Gasteiger partial charge in [-0.05, 0) is 138 Å². The zero-order valence-electron chi connectivity index (χ0n) is 28.4. The molecule has 8 aromatic rings. The lowest BCUT2D eigenvalue weighted by Gasteiger charge is -2.61. The fourth-order valence-electron chi connectivity index (χ4n) is 11.9. The van der Waals surface area contributed by atoms with Crippen LogP contribution in [0.25, 0.3) is 65.3 Å². The molecular weight excluding hydrogens is 601 g/mol. The van der Waals surface area contributed by atoms with Crippen LogP contribution in [0, 0.1) is 17.8 Å². The molecular formula is C50H40. The predicted molar refractivity (Wildman–Crippen MR) is 212 cm³/mol. The van der Waals surface area contributed by atoms with Gasteiger partial charge in [0, 0.05) is 0 Å². The van der Waals surface area contributed by atoms with Crippen molar-refractivity contribution in [3.05, 3.63) is 169 Å². The van der Waals surface area contributed by atoms with Crippen molar-refractivity contribution in [1.82, 2.24) is 0 Å².